The third kappa shape index (κ3) is 3.66. The molecule has 1 heterocycles. The molecule has 0 atom stereocenters. The zero-order chi connectivity index (χ0) is 15.7. The molecule has 6 heteroatoms. The number of piperidine rings is 1. The van der Waals surface area contributed by atoms with Crippen LogP contribution in [0.2, 0.25) is 0 Å². The number of nitrogens with zero attached hydrogens (tertiary/aromatic N) is 1. The van der Waals surface area contributed by atoms with Gasteiger partial charge in [-0.2, -0.15) is 0 Å². The van der Waals surface area contributed by atoms with Gasteiger partial charge < -0.3 is 10.2 Å². The van der Waals surface area contributed by atoms with Crippen molar-refractivity contribution in [2.45, 2.75) is 31.7 Å². The molecule has 2 aliphatic rings. The van der Waals surface area contributed by atoms with Gasteiger partial charge in [0, 0.05) is 35.1 Å². The summed E-state index contributed by atoms with van der Waals surface area (Å²) in [5, 5.41) is 3.05. The summed E-state index contributed by atoms with van der Waals surface area (Å²) in [5.41, 5.74) is 0.354. The van der Waals surface area contributed by atoms with Crippen LogP contribution < -0.4 is 5.32 Å². The molecule has 1 saturated heterocycles. The first-order chi connectivity index (χ1) is 10.5. The van der Waals surface area contributed by atoms with E-state index in [1.165, 1.54) is 12.1 Å². The van der Waals surface area contributed by atoms with Gasteiger partial charge in [-0.3, -0.25) is 9.59 Å². The second-order valence-corrected chi connectivity index (χ2v) is 6.92. The lowest BCUT2D eigenvalue weighted by molar-refractivity contribution is -0.123. The molecule has 2 amide bonds. The molecule has 1 aromatic carbocycles. The van der Waals surface area contributed by atoms with Crippen LogP contribution in [0.3, 0.4) is 0 Å². The highest BCUT2D eigenvalue weighted by atomic mass is 79.9. The first-order valence-electron chi connectivity index (χ1n) is 7.58. The highest BCUT2D eigenvalue weighted by molar-refractivity contribution is 9.10. The van der Waals surface area contributed by atoms with Crippen LogP contribution >= 0.6 is 15.9 Å². The molecule has 1 aliphatic carbocycles. The van der Waals surface area contributed by atoms with Gasteiger partial charge in [-0.15, -0.1) is 0 Å². The Morgan fingerprint density at radius 3 is 2.41 bits per heavy atom. The van der Waals surface area contributed by atoms with Crippen LogP contribution in [0.25, 0.3) is 0 Å². The van der Waals surface area contributed by atoms with Crippen molar-refractivity contribution in [3.05, 3.63) is 34.1 Å². The number of rotatable bonds is 3. The molecule has 1 N–H and O–H groups in total. The number of hydrogen-bond donors (Lipinski definition) is 1. The minimum atomic E-state index is -0.427. The number of benzene rings is 1. The Bertz CT molecular complexity index is 576. The van der Waals surface area contributed by atoms with Gasteiger partial charge in [-0.25, -0.2) is 4.39 Å². The van der Waals surface area contributed by atoms with Gasteiger partial charge in [0.15, 0.2) is 0 Å². The smallest absolute Gasteiger partial charge is 0.253 e. The maximum atomic E-state index is 13.4. The van der Waals surface area contributed by atoms with E-state index in [-0.39, 0.29) is 23.8 Å². The van der Waals surface area contributed by atoms with Crippen LogP contribution in [0.4, 0.5) is 4.39 Å². The standard InChI is InChI=1S/C16H18BrFN2O2/c17-12-7-11(8-13(18)9-12)16(22)20-5-3-14(4-6-20)19-15(21)10-1-2-10/h7-10,14H,1-6H2,(H,19,21). The molecular weight excluding hydrogens is 351 g/mol. The third-order valence-corrected chi connectivity index (χ3v) is 4.64. The molecule has 4 nitrogen and oxygen atoms in total. The molecule has 1 saturated carbocycles. The number of likely N-dealkylation sites (tertiary alicyclic amines) is 1. The first kappa shape index (κ1) is 15.5. The fourth-order valence-electron chi connectivity index (χ4n) is 2.75. The van der Waals surface area contributed by atoms with Crippen LogP contribution in [-0.2, 0) is 4.79 Å². The predicted octanol–water partition coefficient (Wildman–Crippen LogP) is 2.72. The minimum Gasteiger partial charge on any atom is -0.353 e. The van der Waals surface area contributed by atoms with Gasteiger partial charge >= 0.3 is 0 Å². The van der Waals surface area contributed by atoms with Crippen molar-refractivity contribution < 1.29 is 14.0 Å². The first-order valence-corrected chi connectivity index (χ1v) is 8.38. The van der Waals surface area contributed by atoms with Gasteiger partial charge in [0.25, 0.3) is 5.91 Å². The van der Waals surface area contributed by atoms with E-state index in [4.69, 9.17) is 0 Å². The SMILES string of the molecule is O=C(NC1CCN(C(=O)c2cc(F)cc(Br)c2)CC1)C1CC1. The lowest BCUT2D eigenvalue weighted by Crippen LogP contribution is -2.46. The molecule has 0 spiro atoms. The summed E-state index contributed by atoms with van der Waals surface area (Å²) in [5.74, 6) is -0.223. The Kier molecular flexibility index (Phi) is 4.47. The second-order valence-electron chi connectivity index (χ2n) is 6.01. The number of carbonyl (C=O) groups is 2. The molecule has 0 aromatic heterocycles. The summed E-state index contributed by atoms with van der Waals surface area (Å²) in [6.07, 6.45) is 3.50. The molecule has 0 unspecified atom stereocenters. The lowest BCUT2D eigenvalue weighted by Gasteiger charge is -2.32. The molecule has 3 rings (SSSR count). The molecule has 0 radical (unpaired) electrons. The molecule has 1 aromatic rings. The maximum Gasteiger partial charge on any atom is 0.253 e. The topological polar surface area (TPSA) is 49.4 Å². The van der Waals surface area contributed by atoms with Crippen molar-refractivity contribution in [2.75, 3.05) is 13.1 Å². The van der Waals surface area contributed by atoms with Gasteiger partial charge in [-0.1, -0.05) is 15.9 Å². The van der Waals surface area contributed by atoms with E-state index in [0.29, 0.717) is 23.1 Å². The quantitative estimate of drug-likeness (QED) is 0.891. The zero-order valence-electron chi connectivity index (χ0n) is 12.1. The molecule has 2 fully saturated rings. The largest absolute Gasteiger partial charge is 0.353 e. The number of hydrogen-bond acceptors (Lipinski definition) is 2. The maximum absolute atomic E-state index is 13.4. The summed E-state index contributed by atoms with van der Waals surface area (Å²) in [6, 6.07) is 4.37. The number of halogens is 2. The van der Waals surface area contributed by atoms with Crippen LogP contribution in [0.5, 0.6) is 0 Å². The Hall–Kier alpha value is -1.43. The molecular formula is C16H18BrFN2O2. The Balaban J connectivity index is 1.56. The fourth-order valence-corrected chi connectivity index (χ4v) is 3.22. The van der Waals surface area contributed by atoms with E-state index in [9.17, 15) is 14.0 Å². The van der Waals surface area contributed by atoms with Crippen LogP contribution in [0.1, 0.15) is 36.0 Å². The van der Waals surface area contributed by atoms with E-state index in [2.05, 4.69) is 21.2 Å². The van der Waals surface area contributed by atoms with E-state index >= 15 is 0 Å². The normalized spacial score (nSPS) is 19.1. The van der Waals surface area contributed by atoms with Crippen molar-refractivity contribution in [1.29, 1.82) is 0 Å². The fraction of sp³-hybridized carbons (Fsp3) is 0.500. The van der Waals surface area contributed by atoms with Gasteiger partial charge in [-0.05, 0) is 43.9 Å². The predicted molar refractivity (Wildman–Crippen MR) is 83.9 cm³/mol. The summed E-state index contributed by atoms with van der Waals surface area (Å²) >= 11 is 3.20. The van der Waals surface area contributed by atoms with Gasteiger partial charge in [0.05, 0.1) is 0 Å². The molecule has 1 aliphatic heterocycles. The van der Waals surface area contributed by atoms with Crippen molar-refractivity contribution >= 4 is 27.7 Å². The lowest BCUT2D eigenvalue weighted by atomic mass is 10.0. The van der Waals surface area contributed by atoms with Crippen molar-refractivity contribution in [3.63, 3.8) is 0 Å². The number of amides is 2. The van der Waals surface area contributed by atoms with E-state index < -0.39 is 5.82 Å². The second kappa shape index (κ2) is 6.36. The highest BCUT2D eigenvalue weighted by Gasteiger charge is 2.32. The van der Waals surface area contributed by atoms with E-state index in [0.717, 1.165) is 25.7 Å². The summed E-state index contributed by atoms with van der Waals surface area (Å²) < 4.78 is 14.0. The van der Waals surface area contributed by atoms with Crippen molar-refractivity contribution in [2.24, 2.45) is 5.92 Å². The van der Waals surface area contributed by atoms with Crippen LogP contribution in [0.15, 0.2) is 22.7 Å². The van der Waals surface area contributed by atoms with E-state index in [1.807, 2.05) is 0 Å². The van der Waals surface area contributed by atoms with Crippen molar-refractivity contribution in [3.8, 4) is 0 Å². The zero-order valence-corrected chi connectivity index (χ0v) is 13.7. The van der Waals surface area contributed by atoms with Gasteiger partial charge in [0.2, 0.25) is 5.91 Å². The number of carbonyl (C=O) groups excluding carboxylic acids is 2. The average Bonchev–Trinajstić information content (AvgIpc) is 3.31. The summed E-state index contributed by atoms with van der Waals surface area (Å²) in [7, 11) is 0. The molecule has 118 valence electrons. The summed E-state index contributed by atoms with van der Waals surface area (Å²) in [4.78, 5) is 25.9. The van der Waals surface area contributed by atoms with Crippen LogP contribution in [0, 0.1) is 11.7 Å². The Morgan fingerprint density at radius 1 is 1.14 bits per heavy atom. The number of nitrogens with one attached hydrogen (secondary N) is 1. The van der Waals surface area contributed by atoms with Gasteiger partial charge in [0.1, 0.15) is 5.82 Å². The Labute approximate surface area is 137 Å². The third-order valence-electron chi connectivity index (χ3n) is 4.19. The van der Waals surface area contributed by atoms with Crippen molar-refractivity contribution in [1.82, 2.24) is 10.2 Å². The highest BCUT2D eigenvalue weighted by Crippen LogP contribution is 2.29. The van der Waals surface area contributed by atoms with Crippen LogP contribution in [-0.4, -0.2) is 35.8 Å². The van der Waals surface area contributed by atoms with E-state index in [1.54, 1.807) is 11.0 Å². The average molecular weight is 369 g/mol. The minimum absolute atomic E-state index is 0.149. The monoisotopic (exact) mass is 368 g/mol. The molecule has 0 bridgehead atoms. The summed E-state index contributed by atoms with van der Waals surface area (Å²) in [6.45, 7) is 1.17. The molecule has 22 heavy (non-hydrogen) atoms. The Morgan fingerprint density at radius 2 is 1.82 bits per heavy atom.